The van der Waals surface area contributed by atoms with Crippen molar-refractivity contribution in [1.82, 2.24) is 4.98 Å². The van der Waals surface area contributed by atoms with Gasteiger partial charge in [-0.1, -0.05) is 23.7 Å². The summed E-state index contributed by atoms with van der Waals surface area (Å²) in [7, 11) is 0. The summed E-state index contributed by atoms with van der Waals surface area (Å²) in [4.78, 5) is 3.93. The van der Waals surface area contributed by atoms with Crippen molar-refractivity contribution in [3.05, 3.63) is 50.8 Å². The number of hydrogen-bond acceptors (Lipinski definition) is 3. The lowest BCUT2D eigenvalue weighted by molar-refractivity contribution is 0.320. The summed E-state index contributed by atoms with van der Waals surface area (Å²) in [6.45, 7) is 0.255. The number of nitrogen functional groups attached to an aromatic ring is 1. The Morgan fingerprint density at radius 1 is 1.38 bits per heavy atom. The molecule has 1 heterocycles. The van der Waals surface area contributed by atoms with Crippen LogP contribution in [0.2, 0.25) is 5.15 Å². The molecule has 2 rings (SSSR count). The Bertz CT molecular complexity index is 655. The molecule has 21 heavy (non-hydrogen) atoms. The molecule has 0 saturated carbocycles. The van der Waals surface area contributed by atoms with Crippen LogP contribution in [0.3, 0.4) is 0 Å². The Kier molecular flexibility index (Phi) is 5.67. The summed E-state index contributed by atoms with van der Waals surface area (Å²) < 4.78 is 19.9. The molecule has 0 bridgehead atoms. The first-order valence-electron chi connectivity index (χ1n) is 6.09. The molecule has 112 valence electrons. The maximum absolute atomic E-state index is 13.8. The minimum atomic E-state index is -0.292. The molecule has 0 radical (unpaired) electrons. The van der Waals surface area contributed by atoms with E-state index in [1.807, 2.05) is 0 Å². The van der Waals surface area contributed by atoms with Crippen LogP contribution in [0.1, 0.15) is 11.1 Å². The number of nitrogens with two attached hydrogens (primary N) is 1. The van der Waals surface area contributed by atoms with Crippen molar-refractivity contribution < 1.29 is 9.13 Å². The van der Waals surface area contributed by atoms with Crippen LogP contribution in [0.5, 0.6) is 5.75 Å². The van der Waals surface area contributed by atoms with E-state index in [2.05, 4.69) is 20.9 Å². The lowest BCUT2D eigenvalue weighted by atomic mass is 10.1. The Morgan fingerprint density at radius 3 is 2.86 bits per heavy atom. The zero-order valence-electron chi connectivity index (χ0n) is 10.9. The number of halogens is 4. The average Bonchev–Trinajstić information content (AvgIpc) is 2.45. The van der Waals surface area contributed by atoms with Crippen LogP contribution in [-0.4, -0.2) is 11.6 Å². The second-order valence-electron chi connectivity index (χ2n) is 4.25. The van der Waals surface area contributed by atoms with Gasteiger partial charge in [0.15, 0.2) is 11.6 Å². The molecule has 0 spiro atoms. The molecule has 1 aromatic carbocycles. The molecule has 7 heteroatoms. The smallest absolute Gasteiger partial charge is 0.167 e. The van der Waals surface area contributed by atoms with E-state index in [0.29, 0.717) is 22.2 Å². The monoisotopic (exact) mass is 392 g/mol. The first-order valence-corrected chi connectivity index (χ1v) is 7.80. The summed E-state index contributed by atoms with van der Waals surface area (Å²) in [6, 6.07) is 6.46. The average molecular weight is 394 g/mol. The van der Waals surface area contributed by atoms with E-state index < -0.39 is 0 Å². The van der Waals surface area contributed by atoms with Crippen LogP contribution in [0.4, 0.5) is 10.2 Å². The summed E-state index contributed by atoms with van der Waals surface area (Å²) in [5.74, 6) is 0.549. The normalized spacial score (nSPS) is 10.7. The van der Waals surface area contributed by atoms with Gasteiger partial charge >= 0.3 is 0 Å². The van der Waals surface area contributed by atoms with Crippen molar-refractivity contribution in [2.75, 3.05) is 12.3 Å². The van der Waals surface area contributed by atoms with E-state index in [1.54, 1.807) is 18.2 Å². The fourth-order valence-electron chi connectivity index (χ4n) is 1.85. The van der Waals surface area contributed by atoms with Crippen molar-refractivity contribution >= 4 is 44.9 Å². The number of anilines is 1. The number of ether oxygens (including phenoxy) is 1. The SMILES string of the molecule is Nc1nc(Cl)c(Br)cc1OCCc1c(F)cccc1CCl. The highest BCUT2D eigenvalue weighted by Gasteiger charge is 2.10. The molecular formula is C14H12BrCl2FN2O. The number of nitrogens with zero attached hydrogens (tertiary/aromatic N) is 1. The molecule has 0 aliphatic heterocycles. The molecule has 0 aliphatic rings. The first kappa shape index (κ1) is 16.3. The summed E-state index contributed by atoms with van der Waals surface area (Å²) in [5.41, 5.74) is 7.02. The minimum Gasteiger partial charge on any atom is -0.489 e. The summed E-state index contributed by atoms with van der Waals surface area (Å²) >= 11 is 14.9. The quantitative estimate of drug-likeness (QED) is 0.597. The number of hydrogen-bond donors (Lipinski definition) is 1. The van der Waals surface area contributed by atoms with Crippen LogP contribution < -0.4 is 10.5 Å². The largest absolute Gasteiger partial charge is 0.489 e. The van der Waals surface area contributed by atoms with Crippen molar-refractivity contribution in [3.8, 4) is 5.75 Å². The second kappa shape index (κ2) is 7.29. The lowest BCUT2D eigenvalue weighted by Gasteiger charge is -2.11. The van der Waals surface area contributed by atoms with Gasteiger partial charge in [0.2, 0.25) is 0 Å². The van der Waals surface area contributed by atoms with Gasteiger partial charge in [-0.05, 0) is 33.1 Å². The van der Waals surface area contributed by atoms with Crippen molar-refractivity contribution in [3.63, 3.8) is 0 Å². The number of pyridine rings is 1. The third kappa shape index (κ3) is 3.99. The zero-order valence-corrected chi connectivity index (χ0v) is 14.0. The molecule has 0 amide bonds. The number of rotatable bonds is 5. The lowest BCUT2D eigenvalue weighted by Crippen LogP contribution is -2.07. The topological polar surface area (TPSA) is 48.1 Å². The molecule has 1 aromatic heterocycles. The van der Waals surface area contributed by atoms with Crippen molar-refractivity contribution in [2.24, 2.45) is 0 Å². The predicted molar refractivity (Wildman–Crippen MR) is 86.5 cm³/mol. The molecule has 0 fully saturated rings. The molecule has 2 aromatic rings. The Labute approximate surface area is 140 Å². The molecular weight excluding hydrogens is 382 g/mol. The maximum atomic E-state index is 13.8. The Hall–Kier alpha value is -1.04. The van der Waals surface area contributed by atoms with Crippen LogP contribution in [0, 0.1) is 5.82 Å². The van der Waals surface area contributed by atoms with Gasteiger partial charge in [0.05, 0.1) is 11.1 Å². The van der Waals surface area contributed by atoms with Crippen LogP contribution >= 0.6 is 39.1 Å². The Balaban J connectivity index is 2.07. The van der Waals surface area contributed by atoms with Crippen LogP contribution in [-0.2, 0) is 12.3 Å². The Morgan fingerprint density at radius 2 is 2.14 bits per heavy atom. The third-order valence-corrected chi connectivity index (χ3v) is 4.30. The van der Waals surface area contributed by atoms with Gasteiger partial charge in [0, 0.05) is 18.4 Å². The number of benzene rings is 1. The van der Waals surface area contributed by atoms with Crippen LogP contribution in [0.25, 0.3) is 0 Å². The highest BCUT2D eigenvalue weighted by Crippen LogP contribution is 2.29. The van der Waals surface area contributed by atoms with E-state index in [-0.39, 0.29) is 29.3 Å². The predicted octanol–water partition coefficient (Wildman–Crippen LogP) is 4.58. The molecule has 2 N–H and O–H groups in total. The molecule has 0 aliphatic carbocycles. The molecule has 0 saturated heterocycles. The highest BCUT2D eigenvalue weighted by molar-refractivity contribution is 9.10. The van der Waals surface area contributed by atoms with Crippen molar-refractivity contribution in [2.45, 2.75) is 12.3 Å². The van der Waals surface area contributed by atoms with Gasteiger partial charge in [-0.25, -0.2) is 9.37 Å². The van der Waals surface area contributed by atoms with Crippen molar-refractivity contribution in [1.29, 1.82) is 0 Å². The second-order valence-corrected chi connectivity index (χ2v) is 5.73. The zero-order chi connectivity index (χ0) is 15.4. The van der Waals surface area contributed by atoms with E-state index in [4.69, 9.17) is 33.7 Å². The van der Waals surface area contributed by atoms with Gasteiger partial charge in [-0.2, -0.15) is 0 Å². The standard InChI is InChI=1S/C14H12BrCl2FN2O/c15-10-6-12(14(19)20-13(10)17)21-5-4-9-8(7-16)2-1-3-11(9)18/h1-3,6H,4-5,7H2,(H2,19,20). The van der Waals surface area contributed by atoms with E-state index in [0.717, 1.165) is 5.56 Å². The fraction of sp³-hybridized carbons (Fsp3) is 0.214. The maximum Gasteiger partial charge on any atom is 0.167 e. The number of aromatic nitrogens is 1. The third-order valence-electron chi connectivity index (χ3n) is 2.90. The van der Waals surface area contributed by atoms with Gasteiger partial charge < -0.3 is 10.5 Å². The first-order chi connectivity index (χ1) is 10.0. The van der Waals surface area contributed by atoms with Gasteiger partial charge in [-0.3, -0.25) is 0 Å². The van der Waals surface area contributed by atoms with E-state index >= 15 is 0 Å². The van der Waals surface area contributed by atoms with Gasteiger partial charge in [0.25, 0.3) is 0 Å². The molecule has 3 nitrogen and oxygen atoms in total. The fourth-order valence-corrected chi connectivity index (χ4v) is 2.54. The van der Waals surface area contributed by atoms with E-state index in [1.165, 1.54) is 6.07 Å². The van der Waals surface area contributed by atoms with E-state index in [9.17, 15) is 4.39 Å². The van der Waals surface area contributed by atoms with Gasteiger partial charge in [0.1, 0.15) is 11.0 Å². The summed E-state index contributed by atoms with van der Waals surface area (Å²) in [5, 5.41) is 0.262. The molecule has 0 unspecified atom stereocenters. The number of alkyl halides is 1. The molecule has 0 atom stereocenters. The highest BCUT2D eigenvalue weighted by atomic mass is 79.9. The van der Waals surface area contributed by atoms with Crippen LogP contribution in [0.15, 0.2) is 28.7 Å². The minimum absolute atomic E-state index is 0.189. The summed E-state index contributed by atoms with van der Waals surface area (Å²) in [6.07, 6.45) is 0.383. The van der Waals surface area contributed by atoms with Gasteiger partial charge in [-0.15, -0.1) is 11.6 Å².